The van der Waals surface area contributed by atoms with Gasteiger partial charge in [0, 0.05) is 23.5 Å². The number of hydrogen-bond acceptors (Lipinski definition) is 2. The van der Waals surface area contributed by atoms with Gasteiger partial charge in [-0.25, -0.2) is 14.4 Å². The van der Waals surface area contributed by atoms with Gasteiger partial charge in [-0.15, -0.1) is 0 Å². The van der Waals surface area contributed by atoms with Gasteiger partial charge in [0.05, 0.1) is 0 Å². The molecule has 0 atom stereocenters. The second kappa shape index (κ2) is 4.66. The Morgan fingerprint density at radius 2 is 1.75 bits per heavy atom. The maximum Gasteiger partial charge on any atom is 0.159 e. The standard InChI is InChI=1S/C13H10FN2/c1-2-12(14)10-4-6-11(7-5-10)13-15-8-3-9-16-13/h2-9H,1H2/b12-2+. The molecule has 0 aliphatic carbocycles. The van der Waals surface area contributed by atoms with Crippen LogP contribution in [0.25, 0.3) is 17.2 Å². The zero-order valence-electron chi connectivity index (χ0n) is 8.60. The monoisotopic (exact) mass is 213 g/mol. The van der Waals surface area contributed by atoms with Crippen molar-refractivity contribution in [3.63, 3.8) is 0 Å². The van der Waals surface area contributed by atoms with E-state index in [4.69, 9.17) is 0 Å². The third-order valence-corrected chi connectivity index (χ3v) is 2.16. The van der Waals surface area contributed by atoms with Crippen LogP contribution in [0.3, 0.4) is 0 Å². The van der Waals surface area contributed by atoms with Crippen LogP contribution < -0.4 is 0 Å². The lowest BCUT2D eigenvalue weighted by atomic mass is 10.1. The van der Waals surface area contributed by atoms with Crippen molar-refractivity contribution in [1.82, 2.24) is 9.97 Å². The summed E-state index contributed by atoms with van der Waals surface area (Å²) in [6.07, 6.45) is 4.54. The van der Waals surface area contributed by atoms with E-state index in [1.807, 2.05) is 0 Å². The van der Waals surface area contributed by atoms with E-state index < -0.39 is 0 Å². The van der Waals surface area contributed by atoms with Gasteiger partial charge in [0.1, 0.15) is 5.83 Å². The highest BCUT2D eigenvalue weighted by Crippen LogP contribution is 2.20. The molecule has 1 radical (unpaired) electrons. The van der Waals surface area contributed by atoms with Gasteiger partial charge in [0.2, 0.25) is 0 Å². The number of aromatic nitrogens is 2. The van der Waals surface area contributed by atoms with E-state index in [2.05, 4.69) is 16.9 Å². The molecule has 0 spiro atoms. The van der Waals surface area contributed by atoms with Gasteiger partial charge < -0.3 is 0 Å². The van der Waals surface area contributed by atoms with E-state index >= 15 is 0 Å². The Bertz CT molecular complexity index is 489. The van der Waals surface area contributed by atoms with Crippen molar-refractivity contribution in [2.45, 2.75) is 0 Å². The molecule has 2 nitrogen and oxygen atoms in total. The molecule has 0 fully saturated rings. The Balaban J connectivity index is 2.34. The van der Waals surface area contributed by atoms with E-state index in [9.17, 15) is 4.39 Å². The SMILES string of the molecule is [CH2]/C=C(/F)c1ccc(-c2ncccn2)cc1. The minimum Gasteiger partial charge on any atom is -0.237 e. The molecule has 0 saturated heterocycles. The van der Waals surface area contributed by atoms with Crippen molar-refractivity contribution < 1.29 is 4.39 Å². The molecule has 0 amide bonds. The second-order valence-corrected chi connectivity index (χ2v) is 3.20. The Hall–Kier alpha value is -2.03. The zero-order chi connectivity index (χ0) is 11.4. The first-order chi connectivity index (χ1) is 7.81. The number of allylic oxidation sites excluding steroid dienone is 1. The number of nitrogens with zero attached hydrogens (tertiary/aromatic N) is 2. The van der Waals surface area contributed by atoms with Crippen LogP contribution in [0.5, 0.6) is 0 Å². The normalized spacial score (nSPS) is 11.5. The van der Waals surface area contributed by atoms with Crippen molar-refractivity contribution in [3.8, 4) is 11.4 Å². The summed E-state index contributed by atoms with van der Waals surface area (Å²) in [5.74, 6) is 0.300. The maximum atomic E-state index is 13.2. The van der Waals surface area contributed by atoms with Gasteiger partial charge in [-0.2, -0.15) is 0 Å². The second-order valence-electron chi connectivity index (χ2n) is 3.20. The lowest BCUT2D eigenvalue weighted by Gasteiger charge is -2.01. The van der Waals surface area contributed by atoms with E-state index in [-0.39, 0.29) is 5.83 Å². The molecule has 3 heteroatoms. The summed E-state index contributed by atoms with van der Waals surface area (Å²) in [4.78, 5) is 8.22. The molecule has 2 aromatic rings. The van der Waals surface area contributed by atoms with Gasteiger partial charge in [-0.1, -0.05) is 24.3 Å². The molecule has 0 bridgehead atoms. The van der Waals surface area contributed by atoms with Gasteiger partial charge in [-0.05, 0) is 19.1 Å². The zero-order valence-corrected chi connectivity index (χ0v) is 8.60. The number of halogens is 1. The summed E-state index contributed by atoms with van der Waals surface area (Å²) in [6.45, 7) is 3.38. The largest absolute Gasteiger partial charge is 0.237 e. The maximum absolute atomic E-state index is 13.2. The molecule has 1 aromatic heterocycles. The quantitative estimate of drug-likeness (QED) is 0.765. The smallest absolute Gasteiger partial charge is 0.159 e. The number of rotatable bonds is 2. The topological polar surface area (TPSA) is 25.8 Å². The molecule has 1 aromatic carbocycles. The fourth-order valence-electron chi connectivity index (χ4n) is 1.34. The summed E-state index contributed by atoms with van der Waals surface area (Å²) >= 11 is 0. The minimum absolute atomic E-state index is 0.333. The van der Waals surface area contributed by atoms with E-state index in [1.165, 1.54) is 6.08 Å². The van der Waals surface area contributed by atoms with Crippen LogP contribution in [0.15, 0.2) is 48.8 Å². The molecule has 79 valence electrons. The van der Waals surface area contributed by atoms with Crippen molar-refractivity contribution in [1.29, 1.82) is 0 Å². The molecule has 0 N–H and O–H groups in total. The fourth-order valence-corrected chi connectivity index (χ4v) is 1.34. The Kier molecular flexibility index (Phi) is 3.05. The number of hydrogen-bond donors (Lipinski definition) is 0. The molecular formula is C13H10FN2. The first-order valence-electron chi connectivity index (χ1n) is 4.84. The van der Waals surface area contributed by atoms with Crippen LogP contribution in [-0.2, 0) is 0 Å². The fraction of sp³-hybridized carbons (Fsp3) is 0. The number of benzene rings is 1. The van der Waals surface area contributed by atoms with Crippen molar-refractivity contribution in [2.24, 2.45) is 0 Å². The highest BCUT2D eigenvalue weighted by molar-refractivity contribution is 5.64. The molecule has 1 heterocycles. The predicted molar refractivity (Wildman–Crippen MR) is 61.9 cm³/mol. The summed E-state index contributed by atoms with van der Waals surface area (Å²) in [5, 5.41) is 0. The van der Waals surface area contributed by atoms with Crippen molar-refractivity contribution in [2.75, 3.05) is 0 Å². The van der Waals surface area contributed by atoms with Crippen molar-refractivity contribution >= 4 is 5.83 Å². The summed E-state index contributed by atoms with van der Waals surface area (Å²) in [5.41, 5.74) is 1.37. The minimum atomic E-state index is -0.333. The van der Waals surface area contributed by atoms with Gasteiger partial charge in [0.25, 0.3) is 0 Å². The lowest BCUT2D eigenvalue weighted by Crippen LogP contribution is -1.87. The summed E-state index contributed by atoms with van der Waals surface area (Å²) in [6, 6.07) is 8.69. The van der Waals surface area contributed by atoms with Crippen LogP contribution in [0.2, 0.25) is 0 Å². The third-order valence-electron chi connectivity index (χ3n) is 2.16. The molecule has 0 aliphatic rings. The first-order valence-corrected chi connectivity index (χ1v) is 4.84. The highest BCUT2D eigenvalue weighted by atomic mass is 19.1. The van der Waals surface area contributed by atoms with Crippen molar-refractivity contribution in [3.05, 3.63) is 61.3 Å². The van der Waals surface area contributed by atoms with Gasteiger partial charge in [-0.3, -0.25) is 0 Å². The van der Waals surface area contributed by atoms with Crippen LogP contribution in [-0.4, -0.2) is 9.97 Å². The van der Waals surface area contributed by atoms with E-state index in [0.29, 0.717) is 11.4 Å². The van der Waals surface area contributed by atoms with Crippen LogP contribution in [0, 0.1) is 6.92 Å². The van der Waals surface area contributed by atoms with Gasteiger partial charge >= 0.3 is 0 Å². The molecule has 0 aliphatic heterocycles. The van der Waals surface area contributed by atoms with Gasteiger partial charge in [0.15, 0.2) is 5.82 Å². The first kappa shape index (κ1) is 10.5. The Labute approximate surface area is 93.5 Å². The summed E-state index contributed by atoms with van der Waals surface area (Å²) in [7, 11) is 0. The molecule has 2 rings (SSSR count). The van der Waals surface area contributed by atoms with Crippen LogP contribution in [0.1, 0.15) is 5.56 Å². The lowest BCUT2D eigenvalue weighted by molar-refractivity contribution is 0.760. The Morgan fingerprint density at radius 1 is 1.12 bits per heavy atom. The molecule has 0 saturated carbocycles. The third kappa shape index (κ3) is 2.14. The highest BCUT2D eigenvalue weighted by Gasteiger charge is 2.02. The van der Waals surface area contributed by atoms with E-state index in [1.54, 1.807) is 42.7 Å². The van der Waals surface area contributed by atoms with Crippen LogP contribution >= 0.6 is 0 Å². The van der Waals surface area contributed by atoms with Crippen LogP contribution in [0.4, 0.5) is 4.39 Å². The molecule has 16 heavy (non-hydrogen) atoms. The molecule has 0 unspecified atom stereocenters. The molecular weight excluding hydrogens is 203 g/mol. The predicted octanol–water partition coefficient (Wildman–Crippen LogP) is 3.29. The van der Waals surface area contributed by atoms with E-state index in [0.717, 1.165) is 5.56 Å². The Morgan fingerprint density at radius 3 is 2.31 bits per heavy atom. The summed E-state index contributed by atoms with van der Waals surface area (Å²) < 4.78 is 13.2. The average Bonchev–Trinajstić information content (AvgIpc) is 2.39. The average molecular weight is 213 g/mol.